The van der Waals surface area contributed by atoms with E-state index >= 15 is 0 Å². The van der Waals surface area contributed by atoms with Crippen molar-refractivity contribution in [3.05, 3.63) is 0 Å². The number of aromatic nitrogens is 3. The fraction of sp³-hybridized carbons (Fsp3) is 0.750. The Morgan fingerprint density at radius 3 is 2.16 bits per heavy atom. The first kappa shape index (κ1) is 15.4. The zero-order chi connectivity index (χ0) is 14.1. The van der Waals surface area contributed by atoms with Gasteiger partial charge in [0, 0.05) is 19.6 Å². The highest BCUT2D eigenvalue weighted by Crippen LogP contribution is 2.10. The van der Waals surface area contributed by atoms with E-state index in [2.05, 4.69) is 44.3 Å². The summed E-state index contributed by atoms with van der Waals surface area (Å²) >= 11 is 0. The highest BCUT2D eigenvalue weighted by atomic mass is 16.5. The van der Waals surface area contributed by atoms with Gasteiger partial charge in [0.25, 0.3) is 0 Å². The summed E-state index contributed by atoms with van der Waals surface area (Å²) in [5.74, 6) is 1.06. The Balaban J connectivity index is 2.58. The van der Waals surface area contributed by atoms with E-state index in [9.17, 15) is 0 Å². The molecule has 0 saturated carbocycles. The molecule has 0 atom stereocenters. The van der Waals surface area contributed by atoms with Gasteiger partial charge in [-0.2, -0.15) is 15.0 Å². The largest absolute Gasteiger partial charge is 0.467 e. The number of nitrogens with one attached hydrogen (secondary N) is 2. The predicted molar refractivity (Wildman–Crippen MR) is 76.8 cm³/mol. The van der Waals surface area contributed by atoms with E-state index in [0.29, 0.717) is 17.9 Å². The smallest absolute Gasteiger partial charge is 0.322 e. The third kappa shape index (κ3) is 5.25. The first-order valence-electron chi connectivity index (χ1n) is 6.73. The zero-order valence-electron chi connectivity index (χ0n) is 12.2. The van der Waals surface area contributed by atoms with Gasteiger partial charge in [0.1, 0.15) is 0 Å². The first-order chi connectivity index (χ1) is 9.23. The van der Waals surface area contributed by atoms with Crippen LogP contribution in [-0.2, 0) is 0 Å². The van der Waals surface area contributed by atoms with Gasteiger partial charge in [0.05, 0.1) is 7.11 Å². The molecule has 0 radical (unpaired) electrons. The summed E-state index contributed by atoms with van der Waals surface area (Å²) in [5, 5.41) is 6.24. The Morgan fingerprint density at radius 2 is 1.63 bits per heavy atom. The Hall–Kier alpha value is -1.63. The van der Waals surface area contributed by atoms with E-state index in [1.165, 1.54) is 0 Å². The summed E-state index contributed by atoms with van der Waals surface area (Å²) in [7, 11) is 1.55. The molecule has 1 aromatic rings. The molecular weight excluding hydrogens is 244 g/mol. The average molecular weight is 268 g/mol. The van der Waals surface area contributed by atoms with Crippen LogP contribution in [0.3, 0.4) is 0 Å². The topological polar surface area (TPSA) is 75.2 Å². The minimum absolute atomic E-state index is 0.316. The molecule has 19 heavy (non-hydrogen) atoms. The average Bonchev–Trinajstić information content (AvgIpc) is 2.43. The van der Waals surface area contributed by atoms with Crippen LogP contribution in [0.1, 0.15) is 20.8 Å². The van der Waals surface area contributed by atoms with Crippen LogP contribution in [0.15, 0.2) is 0 Å². The maximum Gasteiger partial charge on any atom is 0.322 e. The minimum Gasteiger partial charge on any atom is -0.467 e. The molecule has 0 spiro atoms. The lowest BCUT2D eigenvalue weighted by Crippen LogP contribution is -2.29. The zero-order valence-corrected chi connectivity index (χ0v) is 12.2. The number of likely N-dealkylation sites (N-methyl/N-ethyl adjacent to an activating group) is 1. The van der Waals surface area contributed by atoms with Crippen molar-refractivity contribution >= 4 is 11.9 Å². The molecule has 0 aliphatic carbocycles. The van der Waals surface area contributed by atoms with E-state index in [0.717, 1.165) is 32.7 Å². The lowest BCUT2D eigenvalue weighted by Gasteiger charge is -2.18. The fourth-order valence-corrected chi connectivity index (χ4v) is 1.63. The van der Waals surface area contributed by atoms with Crippen LogP contribution < -0.4 is 15.4 Å². The Kier molecular flexibility index (Phi) is 6.88. The first-order valence-corrected chi connectivity index (χ1v) is 6.73. The standard InChI is InChI=1S/C12H24N6O/c1-5-13-10-15-11(17-12(16-10)19-4)14-8-9-18(6-2)7-3/h5-9H2,1-4H3,(H2,13,14,15,16,17). The van der Waals surface area contributed by atoms with Crippen molar-refractivity contribution in [2.45, 2.75) is 20.8 Å². The number of nitrogens with zero attached hydrogens (tertiary/aromatic N) is 4. The van der Waals surface area contributed by atoms with Crippen LogP contribution in [0.25, 0.3) is 0 Å². The van der Waals surface area contributed by atoms with Crippen LogP contribution in [0, 0.1) is 0 Å². The number of ether oxygens (including phenoxy) is 1. The van der Waals surface area contributed by atoms with Crippen molar-refractivity contribution in [2.24, 2.45) is 0 Å². The van der Waals surface area contributed by atoms with Crippen molar-refractivity contribution in [2.75, 3.05) is 50.5 Å². The number of rotatable bonds is 9. The normalized spacial score (nSPS) is 10.6. The van der Waals surface area contributed by atoms with Gasteiger partial charge in [0.2, 0.25) is 11.9 Å². The summed E-state index contributed by atoms with van der Waals surface area (Å²) in [6.45, 7) is 10.9. The molecule has 0 aliphatic rings. The second-order valence-electron chi connectivity index (χ2n) is 3.95. The van der Waals surface area contributed by atoms with Crippen LogP contribution in [0.4, 0.5) is 11.9 Å². The summed E-state index contributed by atoms with van der Waals surface area (Å²) < 4.78 is 5.06. The molecule has 0 fully saturated rings. The van der Waals surface area contributed by atoms with Crippen molar-refractivity contribution in [1.82, 2.24) is 19.9 Å². The number of hydrogen-bond donors (Lipinski definition) is 2. The third-order valence-electron chi connectivity index (χ3n) is 2.74. The maximum absolute atomic E-state index is 5.06. The predicted octanol–water partition coefficient (Wildman–Crippen LogP) is 1.07. The highest BCUT2D eigenvalue weighted by Gasteiger charge is 2.06. The SMILES string of the molecule is CCNc1nc(NCCN(CC)CC)nc(OC)n1. The maximum atomic E-state index is 5.06. The Labute approximate surface area is 114 Å². The molecular formula is C12H24N6O. The fourth-order valence-electron chi connectivity index (χ4n) is 1.63. The number of anilines is 2. The van der Waals surface area contributed by atoms with Gasteiger partial charge >= 0.3 is 6.01 Å². The van der Waals surface area contributed by atoms with Crippen LogP contribution in [0.2, 0.25) is 0 Å². The van der Waals surface area contributed by atoms with E-state index in [1.807, 2.05) is 6.92 Å². The summed E-state index contributed by atoms with van der Waals surface area (Å²) in [4.78, 5) is 14.9. The molecule has 0 aliphatic heterocycles. The van der Waals surface area contributed by atoms with Crippen molar-refractivity contribution in [3.8, 4) is 6.01 Å². The molecule has 2 N–H and O–H groups in total. The van der Waals surface area contributed by atoms with Gasteiger partial charge in [-0.3, -0.25) is 0 Å². The van der Waals surface area contributed by atoms with Crippen molar-refractivity contribution < 1.29 is 4.74 Å². The molecule has 7 nitrogen and oxygen atoms in total. The monoisotopic (exact) mass is 268 g/mol. The van der Waals surface area contributed by atoms with E-state index in [-0.39, 0.29) is 0 Å². The third-order valence-corrected chi connectivity index (χ3v) is 2.74. The van der Waals surface area contributed by atoms with Crippen LogP contribution in [0.5, 0.6) is 6.01 Å². The molecule has 0 amide bonds. The molecule has 1 rings (SSSR count). The Morgan fingerprint density at radius 1 is 1.00 bits per heavy atom. The van der Waals surface area contributed by atoms with Crippen LogP contribution in [-0.4, -0.2) is 59.7 Å². The lowest BCUT2D eigenvalue weighted by atomic mass is 10.4. The molecule has 1 aromatic heterocycles. The summed E-state index contributed by atoms with van der Waals surface area (Å²) in [6.07, 6.45) is 0. The van der Waals surface area contributed by atoms with Crippen molar-refractivity contribution in [1.29, 1.82) is 0 Å². The lowest BCUT2D eigenvalue weighted by molar-refractivity contribution is 0.315. The summed E-state index contributed by atoms with van der Waals surface area (Å²) in [5.41, 5.74) is 0. The molecule has 0 unspecified atom stereocenters. The molecule has 108 valence electrons. The second kappa shape index (κ2) is 8.47. The van der Waals surface area contributed by atoms with Gasteiger partial charge in [-0.05, 0) is 20.0 Å². The minimum atomic E-state index is 0.316. The quantitative estimate of drug-likeness (QED) is 0.693. The Bertz CT molecular complexity index is 369. The van der Waals surface area contributed by atoms with E-state index in [4.69, 9.17) is 4.74 Å². The van der Waals surface area contributed by atoms with Gasteiger partial charge in [-0.1, -0.05) is 13.8 Å². The second-order valence-corrected chi connectivity index (χ2v) is 3.95. The molecule has 0 saturated heterocycles. The number of methoxy groups -OCH3 is 1. The number of hydrogen-bond acceptors (Lipinski definition) is 7. The highest BCUT2D eigenvalue weighted by molar-refractivity contribution is 5.35. The van der Waals surface area contributed by atoms with Gasteiger partial charge in [0.15, 0.2) is 0 Å². The van der Waals surface area contributed by atoms with Gasteiger partial charge in [-0.25, -0.2) is 0 Å². The summed E-state index contributed by atoms with van der Waals surface area (Å²) in [6, 6.07) is 0.316. The van der Waals surface area contributed by atoms with Crippen LogP contribution >= 0.6 is 0 Å². The molecule has 7 heteroatoms. The van der Waals surface area contributed by atoms with Crippen molar-refractivity contribution in [3.63, 3.8) is 0 Å². The molecule has 0 bridgehead atoms. The van der Waals surface area contributed by atoms with E-state index < -0.39 is 0 Å². The van der Waals surface area contributed by atoms with Gasteiger partial charge < -0.3 is 20.3 Å². The van der Waals surface area contributed by atoms with E-state index in [1.54, 1.807) is 7.11 Å². The molecule has 1 heterocycles. The molecule has 0 aromatic carbocycles. The van der Waals surface area contributed by atoms with Gasteiger partial charge in [-0.15, -0.1) is 0 Å².